The van der Waals surface area contributed by atoms with Crippen LogP contribution in [-0.4, -0.2) is 38.1 Å². The van der Waals surface area contributed by atoms with E-state index in [1.54, 1.807) is 24.3 Å². The molecule has 3 rings (SSSR count). The zero-order valence-corrected chi connectivity index (χ0v) is 16.4. The first-order chi connectivity index (χ1) is 13.0. The number of carbonyl (C=O) groups excluding carboxylic acids is 1. The van der Waals surface area contributed by atoms with Crippen molar-refractivity contribution in [2.24, 2.45) is 0 Å². The minimum Gasteiger partial charge on any atom is -0.360 e. The summed E-state index contributed by atoms with van der Waals surface area (Å²) in [7, 11) is 0. The Balaban J connectivity index is 1.59. The van der Waals surface area contributed by atoms with E-state index >= 15 is 0 Å². The minimum atomic E-state index is -0.154. The molecule has 1 saturated heterocycles. The van der Waals surface area contributed by atoms with Crippen LogP contribution >= 0.6 is 11.6 Å². The Hall–Kier alpha value is -2.55. The molecule has 1 heterocycles. The molecule has 0 aromatic heterocycles. The maximum atomic E-state index is 12.6. The number of carbonyl (C=O) groups is 1. The van der Waals surface area contributed by atoms with E-state index in [1.165, 1.54) is 16.2 Å². The smallest absolute Gasteiger partial charge is 0.282 e. The van der Waals surface area contributed by atoms with Crippen LogP contribution < -0.4 is 15.1 Å². The van der Waals surface area contributed by atoms with Gasteiger partial charge in [-0.1, -0.05) is 23.7 Å². The van der Waals surface area contributed by atoms with Crippen LogP contribution in [0.3, 0.4) is 0 Å². The summed E-state index contributed by atoms with van der Waals surface area (Å²) in [5.74, 6) is -0.0209. The molecule has 6 heteroatoms. The van der Waals surface area contributed by atoms with E-state index in [-0.39, 0.29) is 11.9 Å². The third-order valence-corrected chi connectivity index (χ3v) is 5.42. The molecule has 2 aromatic carbocycles. The van der Waals surface area contributed by atoms with Gasteiger partial charge >= 0.3 is 0 Å². The third-order valence-electron chi connectivity index (χ3n) is 5.18. The number of nitrogens with one attached hydrogen (secondary N) is 2. The van der Waals surface area contributed by atoms with Gasteiger partial charge in [0.15, 0.2) is 6.04 Å². The van der Waals surface area contributed by atoms with Crippen LogP contribution in [-0.2, 0) is 4.79 Å². The van der Waals surface area contributed by atoms with Crippen LogP contribution in [0.25, 0.3) is 0 Å². The predicted molar refractivity (Wildman–Crippen MR) is 108 cm³/mol. The first kappa shape index (κ1) is 19.2. The highest BCUT2D eigenvalue weighted by molar-refractivity contribution is 6.30. The Bertz CT molecular complexity index is 869. The third kappa shape index (κ3) is 4.60. The fourth-order valence-corrected chi connectivity index (χ4v) is 3.66. The highest BCUT2D eigenvalue weighted by Gasteiger charge is 2.29. The van der Waals surface area contributed by atoms with E-state index in [0.29, 0.717) is 11.3 Å². The van der Waals surface area contributed by atoms with Crippen molar-refractivity contribution in [1.82, 2.24) is 0 Å². The molecule has 1 aliphatic rings. The van der Waals surface area contributed by atoms with Gasteiger partial charge in [0.05, 0.1) is 37.8 Å². The van der Waals surface area contributed by atoms with Gasteiger partial charge in [-0.25, -0.2) is 0 Å². The molecule has 0 radical (unpaired) electrons. The van der Waals surface area contributed by atoms with Crippen LogP contribution in [0, 0.1) is 18.3 Å². The molecule has 2 N–H and O–H groups in total. The maximum absolute atomic E-state index is 12.6. The zero-order valence-electron chi connectivity index (χ0n) is 15.6. The number of nitriles is 1. The number of aryl methyl sites for hydroxylation is 1. The number of hydrogen-bond donors (Lipinski definition) is 2. The number of nitrogens with zero attached hydrogens (tertiary/aromatic N) is 2. The molecule has 27 heavy (non-hydrogen) atoms. The fourth-order valence-electron chi connectivity index (χ4n) is 3.49. The monoisotopic (exact) mass is 383 g/mol. The number of rotatable bonds is 4. The van der Waals surface area contributed by atoms with Gasteiger partial charge in [0.2, 0.25) is 0 Å². The number of anilines is 2. The lowest BCUT2D eigenvalue weighted by molar-refractivity contribution is -0.914. The number of benzene rings is 2. The molecule has 0 spiro atoms. The molecule has 2 aromatic rings. The van der Waals surface area contributed by atoms with E-state index in [1.807, 2.05) is 25.1 Å². The Kier molecular flexibility index (Phi) is 6.00. The van der Waals surface area contributed by atoms with Crippen molar-refractivity contribution >= 4 is 28.9 Å². The van der Waals surface area contributed by atoms with E-state index in [4.69, 9.17) is 16.9 Å². The summed E-state index contributed by atoms with van der Waals surface area (Å²) >= 11 is 6.15. The van der Waals surface area contributed by atoms with Crippen molar-refractivity contribution in [3.05, 3.63) is 58.6 Å². The number of piperazine rings is 1. The number of quaternary nitrogens is 1. The molecule has 1 atom stereocenters. The highest BCUT2D eigenvalue weighted by Crippen LogP contribution is 2.24. The predicted octanol–water partition coefficient (Wildman–Crippen LogP) is 2.25. The van der Waals surface area contributed by atoms with Crippen molar-refractivity contribution in [1.29, 1.82) is 5.26 Å². The first-order valence-corrected chi connectivity index (χ1v) is 9.52. The van der Waals surface area contributed by atoms with Gasteiger partial charge in [0, 0.05) is 16.4 Å². The highest BCUT2D eigenvalue weighted by atomic mass is 35.5. The van der Waals surface area contributed by atoms with Crippen LogP contribution in [0.5, 0.6) is 0 Å². The van der Waals surface area contributed by atoms with Crippen molar-refractivity contribution in [3.63, 3.8) is 0 Å². The van der Waals surface area contributed by atoms with Crippen LogP contribution in [0.1, 0.15) is 18.1 Å². The first-order valence-electron chi connectivity index (χ1n) is 9.14. The van der Waals surface area contributed by atoms with Gasteiger partial charge in [-0.2, -0.15) is 5.26 Å². The Labute approximate surface area is 165 Å². The minimum absolute atomic E-state index is 0.0209. The summed E-state index contributed by atoms with van der Waals surface area (Å²) in [6.45, 7) is 7.60. The summed E-state index contributed by atoms with van der Waals surface area (Å²) < 4.78 is 0. The van der Waals surface area contributed by atoms with Gasteiger partial charge in [-0.15, -0.1) is 0 Å². The van der Waals surface area contributed by atoms with E-state index < -0.39 is 0 Å². The molecule has 0 aliphatic carbocycles. The molecule has 1 amide bonds. The van der Waals surface area contributed by atoms with Gasteiger partial charge in [-0.3, -0.25) is 4.79 Å². The quantitative estimate of drug-likeness (QED) is 0.851. The summed E-state index contributed by atoms with van der Waals surface area (Å²) in [5, 5.41) is 12.7. The fraction of sp³-hybridized carbons (Fsp3) is 0.333. The standard InChI is InChI=1S/C21H23ClN4O/c1-15-6-7-18(22)13-20(15)26-10-8-25(9-11-26)16(2)21(27)24-19-5-3-4-17(12-19)14-23/h3-7,12-13,16H,8-11H2,1-2H3,(H,24,27)/p+1/t16-/m1/s1. The molecular weight excluding hydrogens is 360 g/mol. The topological polar surface area (TPSA) is 60.6 Å². The lowest BCUT2D eigenvalue weighted by Gasteiger charge is -2.36. The number of amides is 1. The van der Waals surface area contributed by atoms with Crippen LogP contribution in [0.15, 0.2) is 42.5 Å². The lowest BCUT2D eigenvalue weighted by atomic mass is 10.1. The molecule has 5 nitrogen and oxygen atoms in total. The zero-order chi connectivity index (χ0) is 19.4. The second-order valence-electron chi connectivity index (χ2n) is 6.98. The summed E-state index contributed by atoms with van der Waals surface area (Å²) in [6.07, 6.45) is 0. The Morgan fingerprint density at radius 2 is 2.00 bits per heavy atom. The van der Waals surface area contributed by atoms with Crippen LogP contribution in [0.4, 0.5) is 11.4 Å². The Morgan fingerprint density at radius 3 is 2.70 bits per heavy atom. The van der Waals surface area contributed by atoms with Gasteiger partial charge in [0.1, 0.15) is 0 Å². The van der Waals surface area contributed by atoms with Crippen LogP contribution in [0.2, 0.25) is 5.02 Å². The average Bonchev–Trinajstić information content (AvgIpc) is 2.69. The molecule has 140 valence electrons. The van der Waals surface area contributed by atoms with Crippen molar-refractivity contribution < 1.29 is 9.69 Å². The Morgan fingerprint density at radius 1 is 1.26 bits per heavy atom. The summed E-state index contributed by atoms with van der Waals surface area (Å²) in [5.41, 5.74) is 3.59. The average molecular weight is 384 g/mol. The van der Waals surface area contributed by atoms with E-state index in [2.05, 4.69) is 23.2 Å². The second kappa shape index (κ2) is 8.43. The molecule has 1 aliphatic heterocycles. The maximum Gasteiger partial charge on any atom is 0.282 e. The van der Waals surface area contributed by atoms with E-state index in [9.17, 15) is 4.79 Å². The van der Waals surface area contributed by atoms with Crippen molar-refractivity contribution in [2.75, 3.05) is 36.4 Å². The van der Waals surface area contributed by atoms with Crippen molar-refractivity contribution in [2.45, 2.75) is 19.9 Å². The van der Waals surface area contributed by atoms with Crippen molar-refractivity contribution in [3.8, 4) is 6.07 Å². The van der Waals surface area contributed by atoms with Gasteiger partial charge in [0.25, 0.3) is 5.91 Å². The lowest BCUT2D eigenvalue weighted by Crippen LogP contribution is -3.19. The number of halogens is 1. The van der Waals surface area contributed by atoms with Gasteiger partial charge in [-0.05, 0) is 49.7 Å². The second-order valence-corrected chi connectivity index (χ2v) is 7.42. The summed E-state index contributed by atoms with van der Waals surface area (Å²) in [6, 6.07) is 14.9. The van der Waals surface area contributed by atoms with Gasteiger partial charge < -0.3 is 15.1 Å². The molecule has 0 saturated carbocycles. The summed E-state index contributed by atoms with van der Waals surface area (Å²) in [4.78, 5) is 16.2. The van der Waals surface area contributed by atoms with E-state index in [0.717, 1.165) is 31.2 Å². The SMILES string of the molecule is Cc1ccc(Cl)cc1N1CC[NH+]([C@H](C)C(=O)Nc2cccc(C#N)c2)CC1. The normalized spacial score (nSPS) is 15.9. The molecule has 0 unspecified atom stereocenters. The number of hydrogen-bond acceptors (Lipinski definition) is 3. The molecule has 1 fully saturated rings. The molecular formula is C21H24ClN4O+. The largest absolute Gasteiger partial charge is 0.360 e. The molecule has 0 bridgehead atoms.